The van der Waals surface area contributed by atoms with Crippen molar-refractivity contribution in [3.63, 3.8) is 0 Å². The Labute approximate surface area is 237 Å². The summed E-state index contributed by atoms with van der Waals surface area (Å²) in [6.45, 7) is 17.4. The van der Waals surface area contributed by atoms with Gasteiger partial charge in [0.25, 0.3) is 0 Å². The van der Waals surface area contributed by atoms with Gasteiger partial charge < -0.3 is 30.7 Å². The maximum Gasteiger partial charge on any atom is 0.146 e. The third-order valence-electron chi connectivity index (χ3n) is 7.31. The summed E-state index contributed by atoms with van der Waals surface area (Å²) in [7, 11) is 5.98. The van der Waals surface area contributed by atoms with Crippen molar-refractivity contribution in [2.24, 2.45) is 4.99 Å². The minimum atomic E-state index is 0.226. The first-order valence-corrected chi connectivity index (χ1v) is 14.3. The van der Waals surface area contributed by atoms with Gasteiger partial charge in [0.15, 0.2) is 0 Å². The summed E-state index contributed by atoms with van der Waals surface area (Å²) in [5.41, 5.74) is 7.41. The highest BCUT2D eigenvalue weighted by atomic mass is 15.2. The van der Waals surface area contributed by atoms with Crippen LogP contribution in [0.25, 0.3) is 0 Å². The number of nitrogens with one attached hydrogen (secondary N) is 4. The number of likely N-dealkylation sites (N-methyl/N-ethyl adjacent to an activating group) is 2. The highest BCUT2D eigenvalue weighted by Crippen LogP contribution is 2.25. The van der Waals surface area contributed by atoms with Crippen LogP contribution in [0.2, 0.25) is 0 Å². The fourth-order valence-corrected chi connectivity index (χ4v) is 4.29. The predicted octanol–water partition coefficient (Wildman–Crippen LogP) is 5.04. The summed E-state index contributed by atoms with van der Waals surface area (Å²) in [6, 6.07) is 6.98. The van der Waals surface area contributed by atoms with E-state index in [1.54, 1.807) is 0 Å². The van der Waals surface area contributed by atoms with Crippen LogP contribution in [0.5, 0.6) is 0 Å². The Morgan fingerprint density at radius 3 is 2.44 bits per heavy atom. The predicted molar refractivity (Wildman–Crippen MR) is 170 cm³/mol. The molecule has 0 spiro atoms. The van der Waals surface area contributed by atoms with Crippen LogP contribution in [0.15, 0.2) is 58.5 Å². The average Bonchev–Trinajstić information content (AvgIpc) is 2.93. The second-order valence-corrected chi connectivity index (χ2v) is 10.4. The number of benzene rings is 1. The second-order valence-electron chi connectivity index (χ2n) is 10.4. The lowest BCUT2D eigenvalue weighted by Crippen LogP contribution is -2.44. The standard InChI is InChI=1S/C31H52N8/c1-10-12-13-28(24(5)25(6)36-30(21-33-7)31(32)38(9)23(3)4)34-22-35-29-15-14-27(20-26(29)11-2)39-18-16-37(8)17-19-39/h12-15,20-21,23,32-33,35-36H,10-11,16-19,22H2,1-9H3/b13-12-,25-24+,30-21+,32-31?,34-28-. The van der Waals surface area contributed by atoms with Gasteiger partial charge in [0, 0.05) is 69.6 Å². The van der Waals surface area contributed by atoms with Gasteiger partial charge in [0.1, 0.15) is 12.5 Å². The third-order valence-corrected chi connectivity index (χ3v) is 7.31. The van der Waals surface area contributed by atoms with Crippen LogP contribution in [0.1, 0.15) is 53.5 Å². The molecule has 1 fully saturated rings. The maximum absolute atomic E-state index is 8.64. The first kappa shape index (κ1) is 32.0. The SMILES string of the molecule is CC\C=C/C(=N/CNc1ccc(N2CCN(C)CC2)cc1CC)C(/C)=C(\C)N/C(=C/NC)C(=N)N(C)C(C)C. The van der Waals surface area contributed by atoms with Crippen LogP contribution >= 0.6 is 0 Å². The summed E-state index contributed by atoms with van der Waals surface area (Å²) in [4.78, 5) is 11.7. The van der Waals surface area contributed by atoms with E-state index < -0.39 is 0 Å². The van der Waals surface area contributed by atoms with Crippen molar-refractivity contribution >= 4 is 22.9 Å². The summed E-state index contributed by atoms with van der Waals surface area (Å²) < 4.78 is 0. The molecule has 1 aromatic carbocycles. The lowest BCUT2D eigenvalue weighted by atomic mass is 10.1. The lowest BCUT2D eigenvalue weighted by Gasteiger charge is -2.34. The number of hydrogen-bond acceptors (Lipinski definition) is 7. The van der Waals surface area contributed by atoms with Crippen molar-refractivity contribution in [1.29, 1.82) is 5.41 Å². The molecular formula is C31H52N8. The molecule has 8 nitrogen and oxygen atoms in total. The second kappa shape index (κ2) is 16.0. The number of hydrogen-bond donors (Lipinski definition) is 4. The summed E-state index contributed by atoms with van der Waals surface area (Å²) in [6.07, 6.45) is 7.96. The zero-order valence-electron chi connectivity index (χ0n) is 25.8. The van der Waals surface area contributed by atoms with E-state index in [0.29, 0.717) is 12.5 Å². The molecule has 1 heterocycles. The van der Waals surface area contributed by atoms with Crippen molar-refractivity contribution in [2.45, 2.75) is 60.4 Å². The monoisotopic (exact) mass is 536 g/mol. The van der Waals surface area contributed by atoms with E-state index in [4.69, 9.17) is 10.4 Å². The van der Waals surface area contributed by atoms with Gasteiger partial charge in [-0.3, -0.25) is 10.4 Å². The van der Waals surface area contributed by atoms with Crippen molar-refractivity contribution in [2.75, 3.05) is 64.2 Å². The number of amidine groups is 1. The minimum absolute atomic E-state index is 0.226. The van der Waals surface area contributed by atoms with E-state index in [2.05, 4.69) is 97.8 Å². The van der Waals surface area contributed by atoms with Gasteiger partial charge in [-0.1, -0.05) is 19.9 Å². The van der Waals surface area contributed by atoms with Gasteiger partial charge in [-0.15, -0.1) is 0 Å². The van der Waals surface area contributed by atoms with Crippen LogP contribution in [0.4, 0.5) is 11.4 Å². The van der Waals surface area contributed by atoms with Crippen molar-refractivity contribution in [3.8, 4) is 0 Å². The first-order chi connectivity index (χ1) is 18.6. The molecular weight excluding hydrogens is 484 g/mol. The fraction of sp³-hybridized carbons (Fsp3) is 0.548. The van der Waals surface area contributed by atoms with Gasteiger partial charge in [0.05, 0.1) is 11.4 Å². The zero-order valence-corrected chi connectivity index (χ0v) is 25.8. The number of aryl methyl sites for hydroxylation is 1. The molecule has 0 radical (unpaired) electrons. The molecule has 0 aromatic heterocycles. The molecule has 0 unspecified atom stereocenters. The smallest absolute Gasteiger partial charge is 0.146 e. The molecule has 0 atom stereocenters. The molecule has 1 aliphatic heterocycles. The molecule has 2 rings (SSSR count). The summed E-state index contributed by atoms with van der Waals surface area (Å²) in [5, 5.41) is 18.7. The molecule has 4 N–H and O–H groups in total. The van der Waals surface area contributed by atoms with Crippen molar-refractivity contribution in [1.82, 2.24) is 20.4 Å². The van der Waals surface area contributed by atoms with E-state index >= 15 is 0 Å². The van der Waals surface area contributed by atoms with E-state index in [1.165, 1.54) is 11.3 Å². The Balaban J connectivity index is 2.21. The Bertz CT molecular complexity index is 1060. The molecule has 0 amide bonds. The first-order valence-electron chi connectivity index (χ1n) is 14.3. The number of anilines is 2. The highest BCUT2D eigenvalue weighted by molar-refractivity contribution is 6.08. The largest absolute Gasteiger partial charge is 0.392 e. The summed E-state index contributed by atoms with van der Waals surface area (Å²) >= 11 is 0. The Hall–Kier alpha value is -3.26. The Morgan fingerprint density at radius 1 is 1.15 bits per heavy atom. The molecule has 216 valence electrons. The van der Waals surface area contributed by atoms with Crippen molar-refractivity contribution in [3.05, 3.63) is 59.1 Å². The number of allylic oxidation sites excluding steroid dienone is 4. The lowest BCUT2D eigenvalue weighted by molar-refractivity contribution is 0.313. The Morgan fingerprint density at radius 2 is 1.85 bits per heavy atom. The normalized spacial score (nSPS) is 16.0. The van der Waals surface area contributed by atoms with Crippen LogP contribution in [-0.4, -0.2) is 81.4 Å². The fourth-order valence-electron chi connectivity index (χ4n) is 4.29. The Kier molecular flexibility index (Phi) is 13.1. The quantitative estimate of drug-likeness (QED) is 0.209. The van der Waals surface area contributed by atoms with Gasteiger partial charge >= 0.3 is 0 Å². The van der Waals surface area contributed by atoms with E-state index in [0.717, 1.165) is 67.4 Å². The van der Waals surface area contributed by atoms with Gasteiger partial charge in [-0.05, 0) is 83.0 Å². The maximum atomic E-state index is 8.64. The minimum Gasteiger partial charge on any atom is -0.392 e. The number of nitrogens with zero attached hydrogens (tertiary/aromatic N) is 4. The highest BCUT2D eigenvalue weighted by Gasteiger charge is 2.16. The molecule has 0 bridgehead atoms. The third kappa shape index (κ3) is 9.46. The van der Waals surface area contributed by atoms with E-state index in [9.17, 15) is 0 Å². The van der Waals surface area contributed by atoms with Gasteiger partial charge in [-0.25, -0.2) is 0 Å². The van der Waals surface area contributed by atoms with E-state index in [-0.39, 0.29) is 6.04 Å². The van der Waals surface area contributed by atoms with E-state index in [1.807, 2.05) is 32.1 Å². The molecule has 8 heteroatoms. The molecule has 0 saturated carbocycles. The van der Waals surface area contributed by atoms with Crippen LogP contribution in [0, 0.1) is 5.41 Å². The zero-order chi connectivity index (χ0) is 28.9. The number of piperazine rings is 1. The molecule has 1 aromatic rings. The summed E-state index contributed by atoms with van der Waals surface area (Å²) in [5.74, 6) is 0.433. The van der Waals surface area contributed by atoms with Crippen LogP contribution < -0.4 is 20.9 Å². The molecule has 1 saturated heterocycles. The topological polar surface area (TPSA) is 82.0 Å². The molecule has 0 aliphatic carbocycles. The van der Waals surface area contributed by atoms with Gasteiger partial charge in [-0.2, -0.15) is 0 Å². The van der Waals surface area contributed by atoms with Crippen LogP contribution in [0.3, 0.4) is 0 Å². The molecule has 1 aliphatic rings. The van der Waals surface area contributed by atoms with Crippen molar-refractivity contribution < 1.29 is 0 Å². The number of rotatable bonds is 13. The average molecular weight is 537 g/mol. The van der Waals surface area contributed by atoms with Gasteiger partial charge in [0.2, 0.25) is 0 Å². The van der Waals surface area contributed by atoms with Crippen LogP contribution in [-0.2, 0) is 6.42 Å². The molecule has 39 heavy (non-hydrogen) atoms. The number of aliphatic imine (C=N–C) groups is 1.